The second-order valence-corrected chi connectivity index (χ2v) is 6.40. The van der Waals surface area contributed by atoms with E-state index in [0.29, 0.717) is 13.0 Å². The fourth-order valence-electron chi connectivity index (χ4n) is 3.45. The first-order chi connectivity index (χ1) is 10.7. The lowest BCUT2D eigenvalue weighted by atomic mass is 9.71. The topological polar surface area (TPSA) is 68.0 Å². The quantitative estimate of drug-likeness (QED) is 0.842. The van der Waals surface area contributed by atoms with Crippen LogP contribution in [0.5, 0.6) is 0 Å². The number of anilines is 1. The van der Waals surface area contributed by atoms with Gasteiger partial charge in [0.2, 0.25) is 5.91 Å². The first-order valence-electron chi connectivity index (χ1n) is 8.06. The Hall–Kier alpha value is -1.36. The van der Waals surface area contributed by atoms with Crippen LogP contribution >= 0.6 is 24.8 Å². The number of benzene rings is 1. The zero-order chi connectivity index (χ0) is 15.4. The van der Waals surface area contributed by atoms with Crippen molar-refractivity contribution in [2.75, 3.05) is 11.9 Å². The van der Waals surface area contributed by atoms with Crippen LogP contribution in [0.25, 0.3) is 10.9 Å². The van der Waals surface area contributed by atoms with Crippen molar-refractivity contribution in [2.45, 2.75) is 38.5 Å². The van der Waals surface area contributed by atoms with Crippen LogP contribution in [0.15, 0.2) is 36.5 Å². The number of nitrogens with one attached hydrogen (secondary N) is 1. The Bertz CT molecular complexity index is 672. The number of fused-ring (bicyclic) bond motifs is 1. The molecule has 1 aliphatic rings. The smallest absolute Gasteiger partial charge is 0.224 e. The molecule has 0 unspecified atom stereocenters. The van der Waals surface area contributed by atoms with E-state index in [0.717, 1.165) is 29.4 Å². The predicted molar refractivity (Wildman–Crippen MR) is 104 cm³/mol. The van der Waals surface area contributed by atoms with Gasteiger partial charge in [-0.15, -0.1) is 24.8 Å². The maximum Gasteiger partial charge on any atom is 0.224 e. The minimum atomic E-state index is 0. The summed E-state index contributed by atoms with van der Waals surface area (Å²) >= 11 is 0. The summed E-state index contributed by atoms with van der Waals surface area (Å²) in [5.41, 5.74) is 7.73. The number of hydrogen-bond donors (Lipinski definition) is 2. The molecule has 24 heavy (non-hydrogen) atoms. The molecule has 2 aromatic rings. The minimum Gasteiger partial charge on any atom is -0.330 e. The Kier molecular flexibility index (Phi) is 7.94. The molecule has 3 rings (SSSR count). The average Bonchev–Trinajstić information content (AvgIpc) is 2.55. The van der Waals surface area contributed by atoms with Gasteiger partial charge in [0, 0.05) is 23.7 Å². The summed E-state index contributed by atoms with van der Waals surface area (Å²) in [6.07, 6.45) is 8.07. The number of hydrogen-bond acceptors (Lipinski definition) is 3. The molecular formula is C18H25Cl2N3O. The monoisotopic (exact) mass is 369 g/mol. The van der Waals surface area contributed by atoms with Crippen LogP contribution in [-0.4, -0.2) is 17.4 Å². The maximum absolute atomic E-state index is 12.4. The van der Waals surface area contributed by atoms with Crippen LogP contribution in [0.3, 0.4) is 0 Å². The van der Waals surface area contributed by atoms with Crippen molar-refractivity contribution >= 4 is 47.3 Å². The molecule has 1 fully saturated rings. The Morgan fingerprint density at radius 2 is 1.92 bits per heavy atom. The summed E-state index contributed by atoms with van der Waals surface area (Å²) in [4.78, 5) is 16.7. The summed E-state index contributed by atoms with van der Waals surface area (Å²) in [6.45, 7) is 0.599. The maximum atomic E-state index is 12.4. The molecule has 0 atom stereocenters. The Morgan fingerprint density at radius 1 is 1.17 bits per heavy atom. The number of nitrogens with zero attached hydrogens (tertiary/aromatic N) is 1. The molecule has 1 aromatic carbocycles. The van der Waals surface area contributed by atoms with Crippen LogP contribution in [0, 0.1) is 5.41 Å². The summed E-state index contributed by atoms with van der Waals surface area (Å²) in [6, 6.07) is 9.71. The molecule has 0 radical (unpaired) electrons. The molecule has 3 N–H and O–H groups in total. The summed E-state index contributed by atoms with van der Waals surface area (Å²) in [5, 5.41) is 4.05. The van der Waals surface area contributed by atoms with Gasteiger partial charge in [-0.05, 0) is 49.1 Å². The third kappa shape index (κ3) is 4.82. The molecule has 1 aliphatic carbocycles. The lowest BCUT2D eigenvalue weighted by Gasteiger charge is -2.35. The highest BCUT2D eigenvalue weighted by atomic mass is 35.5. The fraction of sp³-hybridized carbons (Fsp3) is 0.444. The van der Waals surface area contributed by atoms with E-state index in [1.807, 2.05) is 30.3 Å². The van der Waals surface area contributed by atoms with Crippen molar-refractivity contribution in [1.29, 1.82) is 0 Å². The molecule has 4 nitrogen and oxygen atoms in total. The van der Waals surface area contributed by atoms with Gasteiger partial charge in [-0.2, -0.15) is 0 Å². The molecule has 0 aliphatic heterocycles. The lowest BCUT2D eigenvalue weighted by molar-refractivity contribution is -0.118. The number of carbonyl (C=O) groups is 1. The van der Waals surface area contributed by atoms with E-state index >= 15 is 0 Å². The first kappa shape index (κ1) is 20.7. The molecule has 1 amide bonds. The number of aromatic nitrogens is 1. The second kappa shape index (κ2) is 9.21. The van der Waals surface area contributed by atoms with Crippen molar-refractivity contribution in [3.8, 4) is 0 Å². The van der Waals surface area contributed by atoms with Gasteiger partial charge in [0.25, 0.3) is 0 Å². The number of amides is 1. The number of halogens is 2. The van der Waals surface area contributed by atoms with Gasteiger partial charge in [-0.25, -0.2) is 0 Å². The highest BCUT2D eigenvalue weighted by molar-refractivity contribution is 5.94. The van der Waals surface area contributed by atoms with E-state index in [1.54, 1.807) is 6.20 Å². The van der Waals surface area contributed by atoms with Crippen molar-refractivity contribution < 1.29 is 4.79 Å². The standard InChI is InChI=1S/C18H23N3O.2ClH/c19-13-18(8-2-1-3-9-18)12-17(22)21-15-6-7-16-14(11-15)5-4-10-20-16;;/h4-7,10-11H,1-3,8-9,12-13,19H2,(H,21,22);2*1H. The zero-order valence-corrected chi connectivity index (χ0v) is 15.3. The van der Waals surface area contributed by atoms with Crippen LogP contribution in [0.2, 0.25) is 0 Å². The van der Waals surface area contributed by atoms with Crippen LogP contribution < -0.4 is 11.1 Å². The number of rotatable bonds is 4. The third-order valence-electron chi connectivity index (χ3n) is 4.77. The number of carbonyl (C=O) groups excluding carboxylic acids is 1. The van der Waals surface area contributed by atoms with E-state index in [1.165, 1.54) is 19.3 Å². The summed E-state index contributed by atoms with van der Waals surface area (Å²) in [7, 11) is 0. The predicted octanol–water partition coefficient (Wildman–Crippen LogP) is 4.32. The molecule has 0 bridgehead atoms. The van der Waals surface area contributed by atoms with Gasteiger partial charge in [0.15, 0.2) is 0 Å². The molecule has 0 spiro atoms. The minimum absolute atomic E-state index is 0. The number of pyridine rings is 1. The van der Waals surface area contributed by atoms with Gasteiger partial charge in [-0.1, -0.05) is 25.3 Å². The first-order valence-corrected chi connectivity index (χ1v) is 8.06. The van der Waals surface area contributed by atoms with Crippen LogP contribution in [-0.2, 0) is 4.79 Å². The summed E-state index contributed by atoms with van der Waals surface area (Å²) in [5.74, 6) is 0.0654. The third-order valence-corrected chi connectivity index (χ3v) is 4.77. The largest absolute Gasteiger partial charge is 0.330 e. The van der Waals surface area contributed by atoms with Crippen LogP contribution in [0.4, 0.5) is 5.69 Å². The van der Waals surface area contributed by atoms with Gasteiger partial charge >= 0.3 is 0 Å². The van der Waals surface area contributed by atoms with E-state index < -0.39 is 0 Å². The van der Waals surface area contributed by atoms with Gasteiger partial charge in [-0.3, -0.25) is 9.78 Å². The highest BCUT2D eigenvalue weighted by Gasteiger charge is 2.32. The highest BCUT2D eigenvalue weighted by Crippen LogP contribution is 2.38. The second-order valence-electron chi connectivity index (χ2n) is 6.40. The molecule has 1 heterocycles. The van der Waals surface area contributed by atoms with E-state index in [2.05, 4.69) is 10.3 Å². The van der Waals surface area contributed by atoms with Crippen molar-refractivity contribution in [3.05, 3.63) is 36.5 Å². The molecular weight excluding hydrogens is 345 g/mol. The Morgan fingerprint density at radius 3 is 2.62 bits per heavy atom. The molecule has 132 valence electrons. The van der Waals surface area contributed by atoms with Crippen LogP contribution in [0.1, 0.15) is 38.5 Å². The molecule has 1 aromatic heterocycles. The summed E-state index contributed by atoms with van der Waals surface area (Å²) < 4.78 is 0. The zero-order valence-electron chi connectivity index (χ0n) is 13.7. The number of nitrogens with two attached hydrogens (primary N) is 1. The van der Waals surface area contributed by atoms with E-state index in [9.17, 15) is 4.79 Å². The molecule has 1 saturated carbocycles. The molecule has 6 heteroatoms. The Balaban J connectivity index is 0.00000144. The van der Waals surface area contributed by atoms with Gasteiger partial charge in [0.1, 0.15) is 0 Å². The lowest BCUT2D eigenvalue weighted by Crippen LogP contribution is -2.36. The molecule has 0 saturated heterocycles. The van der Waals surface area contributed by atoms with Crippen molar-refractivity contribution in [2.24, 2.45) is 11.1 Å². The van der Waals surface area contributed by atoms with Crippen molar-refractivity contribution in [3.63, 3.8) is 0 Å². The Labute approximate surface area is 155 Å². The van der Waals surface area contributed by atoms with Crippen molar-refractivity contribution in [1.82, 2.24) is 4.98 Å². The van der Waals surface area contributed by atoms with Gasteiger partial charge in [0.05, 0.1) is 5.52 Å². The SMILES string of the molecule is Cl.Cl.NCC1(CC(=O)Nc2ccc3ncccc3c2)CCCCC1. The normalized spacial score (nSPS) is 15.9. The van der Waals surface area contributed by atoms with E-state index in [4.69, 9.17) is 5.73 Å². The van der Waals surface area contributed by atoms with E-state index in [-0.39, 0.29) is 36.1 Å². The average molecular weight is 370 g/mol. The van der Waals surface area contributed by atoms with Gasteiger partial charge < -0.3 is 11.1 Å². The fourth-order valence-corrected chi connectivity index (χ4v) is 3.45.